The highest BCUT2D eigenvalue weighted by Gasteiger charge is 2.39. The van der Waals surface area contributed by atoms with Crippen LogP contribution in [0.4, 0.5) is 14.5 Å². The lowest BCUT2D eigenvalue weighted by Gasteiger charge is -2.23. The summed E-state index contributed by atoms with van der Waals surface area (Å²) in [6.07, 6.45) is 3.85. The summed E-state index contributed by atoms with van der Waals surface area (Å²) in [5, 5.41) is 0. The maximum absolute atomic E-state index is 13.7. The Kier molecular flexibility index (Phi) is 4.70. The highest BCUT2D eigenvalue weighted by Crippen LogP contribution is 2.33. The van der Waals surface area contributed by atoms with E-state index in [1.165, 1.54) is 4.90 Å². The molecule has 1 aromatic carbocycles. The molecule has 0 aliphatic carbocycles. The van der Waals surface area contributed by atoms with Crippen LogP contribution in [0.3, 0.4) is 0 Å². The van der Waals surface area contributed by atoms with Crippen molar-refractivity contribution in [1.82, 2.24) is 0 Å². The van der Waals surface area contributed by atoms with Crippen LogP contribution in [0.25, 0.3) is 0 Å². The summed E-state index contributed by atoms with van der Waals surface area (Å²) in [5.41, 5.74) is -0.232. The average Bonchev–Trinajstić information content (AvgIpc) is 2.67. The number of halogens is 2. The Balaban J connectivity index is 2.30. The number of anilines is 1. The molecule has 1 atom stereocenters. The summed E-state index contributed by atoms with van der Waals surface area (Å²) in [7, 11) is 0. The molecule has 1 aliphatic rings. The third kappa shape index (κ3) is 2.96. The third-order valence-corrected chi connectivity index (χ3v) is 3.98. The number of carbonyl (C=O) groups is 2. The van der Waals surface area contributed by atoms with Crippen molar-refractivity contribution in [2.24, 2.45) is 5.92 Å². The Bertz CT molecular complexity index is 572. The normalized spacial score (nSPS) is 15.5. The quantitative estimate of drug-likeness (QED) is 0.750. The molecule has 0 fully saturated rings. The van der Waals surface area contributed by atoms with Crippen LogP contribution in [0.1, 0.15) is 49.9 Å². The van der Waals surface area contributed by atoms with E-state index in [4.69, 9.17) is 0 Å². The first-order valence-corrected chi connectivity index (χ1v) is 7.34. The molecule has 5 heteroatoms. The first kappa shape index (κ1) is 15.6. The van der Waals surface area contributed by atoms with Crippen LogP contribution >= 0.6 is 0 Å². The summed E-state index contributed by atoms with van der Waals surface area (Å²) >= 11 is 0. The molecule has 0 saturated heterocycles. The van der Waals surface area contributed by atoms with Gasteiger partial charge in [0, 0.05) is 12.6 Å². The molecule has 0 aromatic heterocycles. The van der Waals surface area contributed by atoms with Gasteiger partial charge in [0.15, 0.2) is 0 Å². The summed E-state index contributed by atoms with van der Waals surface area (Å²) < 4.78 is 27.1. The van der Waals surface area contributed by atoms with Crippen molar-refractivity contribution in [3.8, 4) is 0 Å². The van der Waals surface area contributed by atoms with Gasteiger partial charge in [-0.25, -0.2) is 8.78 Å². The molecule has 0 N–H and O–H groups in total. The Hall–Kier alpha value is -1.78. The molecule has 2 rings (SSSR count). The van der Waals surface area contributed by atoms with E-state index in [2.05, 4.69) is 6.92 Å². The summed E-state index contributed by atoms with van der Waals surface area (Å²) in [6.45, 7) is 4.42. The zero-order chi connectivity index (χ0) is 15.6. The molecule has 114 valence electrons. The number of Topliss-reactive ketones (excluding diaryl/α,β-unsaturated/α-hetero) is 1. The minimum Gasteiger partial charge on any atom is -0.304 e. The largest absolute Gasteiger partial charge is 0.304 e. The molecule has 21 heavy (non-hydrogen) atoms. The van der Waals surface area contributed by atoms with Crippen molar-refractivity contribution < 1.29 is 18.4 Å². The van der Waals surface area contributed by atoms with E-state index in [9.17, 15) is 18.4 Å². The maximum atomic E-state index is 13.7. The number of amides is 1. The van der Waals surface area contributed by atoms with E-state index >= 15 is 0 Å². The van der Waals surface area contributed by atoms with Gasteiger partial charge < -0.3 is 4.90 Å². The number of nitrogens with zero attached hydrogens (tertiary/aromatic N) is 1. The number of benzene rings is 1. The van der Waals surface area contributed by atoms with Gasteiger partial charge in [-0.2, -0.15) is 0 Å². The lowest BCUT2D eigenvalue weighted by molar-refractivity contribution is -0.114. The SMILES string of the molecule is CCCCC(CC)CN1C(=O)C(=O)c2c(F)cc(F)cc21. The van der Waals surface area contributed by atoms with Crippen LogP contribution in [0.2, 0.25) is 0 Å². The number of ketones is 1. The first-order chi connectivity index (χ1) is 9.99. The Labute approximate surface area is 122 Å². The second-order valence-corrected chi connectivity index (χ2v) is 5.44. The molecule has 0 spiro atoms. The third-order valence-electron chi connectivity index (χ3n) is 3.98. The molecule has 1 amide bonds. The van der Waals surface area contributed by atoms with Crippen molar-refractivity contribution >= 4 is 17.4 Å². The van der Waals surface area contributed by atoms with E-state index < -0.39 is 23.3 Å². The lowest BCUT2D eigenvalue weighted by Crippen LogP contribution is -2.34. The van der Waals surface area contributed by atoms with Gasteiger partial charge in [0.05, 0.1) is 11.3 Å². The van der Waals surface area contributed by atoms with Crippen LogP contribution < -0.4 is 4.90 Å². The molecular weight excluding hydrogens is 276 g/mol. The molecule has 1 heterocycles. The number of hydrogen-bond acceptors (Lipinski definition) is 2. The van der Waals surface area contributed by atoms with E-state index in [-0.39, 0.29) is 17.2 Å². The standard InChI is InChI=1S/C16H19F2NO2/c1-3-5-6-10(4-2)9-19-13-8-11(17)7-12(18)14(13)15(20)16(19)21/h7-8,10H,3-6,9H2,1-2H3. The predicted octanol–water partition coefficient (Wildman–Crippen LogP) is 3.71. The summed E-state index contributed by atoms with van der Waals surface area (Å²) in [4.78, 5) is 25.1. The summed E-state index contributed by atoms with van der Waals surface area (Å²) in [6, 6.07) is 1.70. The summed E-state index contributed by atoms with van der Waals surface area (Å²) in [5.74, 6) is -3.16. The molecule has 1 unspecified atom stereocenters. The fraction of sp³-hybridized carbons (Fsp3) is 0.500. The van der Waals surface area contributed by atoms with Crippen molar-refractivity contribution in [3.05, 3.63) is 29.3 Å². The van der Waals surface area contributed by atoms with Gasteiger partial charge in [-0.1, -0.05) is 33.1 Å². The van der Waals surface area contributed by atoms with Crippen LogP contribution in [0, 0.1) is 17.6 Å². The van der Waals surface area contributed by atoms with Crippen LogP contribution in [-0.4, -0.2) is 18.2 Å². The van der Waals surface area contributed by atoms with Gasteiger partial charge >= 0.3 is 0 Å². The van der Waals surface area contributed by atoms with E-state index in [1.807, 2.05) is 6.92 Å². The predicted molar refractivity (Wildman–Crippen MR) is 76.3 cm³/mol. The zero-order valence-corrected chi connectivity index (χ0v) is 12.3. The molecule has 0 bridgehead atoms. The zero-order valence-electron chi connectivity index (χ0n) is 12.3. The minimum absolute atomic E-state index is 0.0671. The molecule has 1 aromatic rings. The minimum atomic E-state index is -0.965. The monoisotopic (exact) mass is 295 g/mol. The van der Waals surface area contributed by atoms with Gasteiger partial charge in [0.25, 0.3) is 11.7 Å². The van der Waals surface area contributed by atoms with Gasteiger partial charge in [0.1, 0.15) is 11.6 Å². The van der Waals surface area contributed by atoms with Crippen LogP contribution in [-0.2, 0) is 4.79 Å². The van der Waals surface area contributed by atoms with Crippen molar-refractivity contribution in [2.75, 3.05) is 11.4 Å². The maximum Gasteiger partial charge on any atom is 0.299 e. The number of hydrogen-bond donors (Lipinski definition) is 0. The smallest absolute Gasteiger partial charge is 0.299 e. The second kappa shape index (κ2) is 6.33. The van der Waals surface area contributed by atoms with Gasteiger partial charge in [-0.05, 0) is 18.4 Å². The number of fused-ring (bicyclic) bond motifs is 1. The number of unbranched alkanes of at least 4 members (excludes halogenated alkanes) is 1. The molecule has 1 aliphatic heterocycles. The Morgan fingerprint density at radius 3 is 2.52 bits per heavy atom. The number of carbonyl (C=O) groups excluding carboxylic acids is 2. The molecule has 3 nitrogen and oxygen atoms in total. The topological polar surface area (TPSA) is 37.4 Å². The fourth-order valence-electron chi connectivity index (χ4n) is 2.69. The average molecular weight is 295 g/mol. The highest BCUT2D eigenvalue weighted by molar-refractivity contribution is 6.52. The second-order valence-electron chi connectivity index (χ2n) is 5.44. The number of rotatable bonds is 6. The lowest BCUT2D eigenvalue weighted by atomic mass is 9.98. The Morgan fingerprint density at radius 1 is 1.19 bits per heavy atom. The van der Waals surface area contributed by atoms with Crippen molar-refractivity contribution in [2.45, 2.75) is 39.5 Å². The fourth-order valence-corrected chi connectivity index (χ4v) is 2.69. The van der Waals surface area contributed by atoms with Crippen LogP contribution in [0.5, 0.6) is 0 Å². The van der Waals surface area contributed by atoms with E-state index in [1.54, 1.807) is 0 Å². The molecule has 0 radical (unpaired) electrons. The van der Waals surface area contributed by atoms with E-state index in [0.29, 0.717) is 12.6 Å². The van der Waals surface area contributed by atoms with Gasteiger partial charge in [0.2, 0.25) is 0 Å². The van der Waals surface area contributed by atoms with Crippen LogP contribution in [0.15, 0.2) is 12.1 Å². The van der Waals surface area contributed by atoms with Crippen molar-refractivity contribution in [3.63, 3.8) is 0 Å². The van der Waals surface area contributed by atoms with Crippen molar-refractivity contribution in [1.29, 1.82) is 0 Å². The Morgan fingerprint density at radius 2 is 1.90 bits per heavy atom. The molecule has 0 saturated carbocycles. The first-order valence-electron chi connectivity index (χ1n) is 7.34. The molecular formula is C16H19F2NO2. The highest BCUT2D eigenvalue weighted by atomic mass is 19.1. The van der Waals surface area contributed by atoms with Gasteiger partial charge in [-0.3, -0.25) is 9.59 Å². The van der Waals surface area contributed by atoms with Gasteiger partial charge in [-0.15, -0.1) is 0 Å². The van der Waals surface area contributed by atoms with E-state index in [0.717, 1.165) is 31.7 Å².